The molecule has 194 valence electrons. The second-order valence-corrected chi connectivity index (χ2v) is 8.91. The molecule has 9 nitrogen and oxygen atoms in total. The molecule has 39 heavy (non-hydrogen) atoms. The molecular formula is C26H15ClF3N7O2. The predicted molar refractivity (Wildman–Crippen MR) is 135 cm³/mol. The van der Waals surface area contributed by atoms with E-state index in [1.54, 1.807) is 36.7 Å². The van der Waals surface area contributed by atoms with Gasteiger partial charge in [-0.1, -0.05) is 41.0 Å². The number of aromatic nitrogens is 7. The Morgan fingerprint density at radius 3 is 2.33 bits per heavy atom. The van der Waals surface area contributed by atoms with Crippen LogP contribution in [0.5, 0.6) is 0 Å². The summed E-state index contributed by atoms with van der Waals surface area (Å²) in [6.45, 7) is -0.105. The van der Waals surface area contributed by atoms with Gasteiger partial charge in [-0.05, 0) is 35.4 Å². The van der Waals surface area contributed by atoms with E-state index in [0.29, 0.717) is 38.7 Å². The minimum absolute atomic E-state index is 0.105. The molecule has 0 radical (unpaired) electrons. The van der Waals surface area contributed by atoms with Crippen molar-refractivity contribution >= 4 is 17.2 Å². The fourth-order valence-electron chi connectivity index (χ4n) is 4.09. The Kier molecular flexibility index (Phi) is 5.95. The highest BCUT2D eigenvalue weighted by Gasteiger charge is 2.32. The van der Waals surface area contributed by atoms with Crippen LogP contribution in [0.4, 0.5) is 13.2 Å². The highest BCUT2D eigenvalue weighted by atomic mass is 35.5. The van der Waals surface area contributed by atoms with E-state index in [9.17, 15) is 18.0 Å². The molecule has 6 rings (SSSR count). The molecule has 0 aliphatic carbocycles. The molecule has 5 aromatic heterocycles. The van der Waals surface area contributed by atoms with Crippen LogP contribution in [0.25, 0.3) is 39.4 Å². The van der Waals surface area contributed by atoms with Crippen molar-refractivity contribution in [3.05, 3.63) is 106 Å². The topological polar surface area (TPSA) is 104 Å². The van der Waals surface area contributed by atoms with Gasteiger partial charge in [-0.15, -0.1) is 5.10 Å². The lowest BCUT2D eigenvalue weighted by atomic mass is 9.98. The second-order valence-electron chi connectivity index (χ2n) is 8.47. The maximum absolute atomic E-state index is 13.2. The molecule has 0 saturated carbocycles. The van der Waals surface area contributed by atoms with Crippen LogP contribution in [0.15, 0.2) is 88.7 Å². The lowest BCUT2D eigenvalue weighted by Crippen LogP contribution is -2.23. The Labute approximate surface area is 222 Å². The van der Waals surface area contributed by atoms with Crippen LogP contribution in [-0.2, 0) is 12.7 Å². The van der Waals surface area contributed by atoms with Crippen LogP contribution in [0.2, 0.25) is 5.02 Å². The molecule has 0 spiro atoms. The van der Waals surface area contributed by atoms with Gasteiger partial charge in [0.25, 0.3) is 0 Å². The first-order valence-electron chi connectivity index (χ1n) is 11.4. The average Bonchev–Trinajstić information content (AvgIpc) is 3.58. The van der Waals surface area contributed by atoms with E-state index in [0.717, 1.165) is 27.0 Å². The van der Waals surface area contributed by atoms with Gasteiger partial charge in [0.2, 0.25) is 0 Å². The third-order valence-electron chi connectivity index (χ3n) is 5.96. The lowest BCUT2D eigenvalue weighted by Gasteiger charge is -2.11. The summed E-state index contributed by atoms with van der Waals surface area (Å²) in [6, 6.07) is 14.5. The summed E-state index contributed by atoms with van der Waals surface area (Å²) in [5.41, 5.74) is 2.24. The number of fused-ring (bicyclic) bond motifs is 1. The van der Waals surface area contributed by atoms with Crippen LogP contribution in [0.1, 0.15) is 11.3 Å². The van der Waals surface area contributed by atoms with E-state index in [1.807, 2.05) is 18.2 Å². The highest BCUT2D eigenvalue weighted by Crippen LogP contribution is 2.35. The van der Waals surface area contributed by atoms with Crippen molar-refractivity contribution < 1.29 is 17.7 Å². The normalized spacial score (nSPS) is 11.8. The molecule has 0 aliphatic rings. The number of rotatable bonds is 5. The number of halogens is 4. The zero-order valence-electron chi connectivity index (χ0n) is 19.7. The molecule has 5 heterocycles. The predicted octanol–water partition coefficient (Wildman–Crippen LogP) is 5.39. The van der Waals surface area contributed by atoms with Gasteiger partial charge < -0.3 is 4.52 Å². The molecule has 1 aromatic carbocycles. The van der Waals surface area contributed by atoms with Gasteiger partial charge >= 0.3 is 11.9 Å². The quantitative estimate of drug-likeness (QED) is 0.284. The smallest absolute Gasteiger partial charge is 0.355 e. The van der Waals surface area contributed by atoms with Crippen molar-refractivity contribution in [1.29, 1.82) is 0 Å². The summed E-state index contributed by atoms with van der Waals surface area (Å²) in [4.78, 5) is 21.1. The molecule has 0 N–H and O–H groups in total. The highest BCUT2D eigenvalue weighted by molar-refractivity contribution is 6.30. The summed E-state index contributed by atoms with van der Waals surface area (Å²) < 4.78 is 46.1. The van der Waals surface area contributed by atoms with Crippen molar-refractivity contribution in [2.75, 3.05) is 0 Å². The van der Waals surface area contributed by atoms with Crippen LogP contribution in [0, 0.1) is 0 Å². The average molecular weight is 550 g/mol. The number of hydrogen-bond donors (Lipinski definition) is 0. The molecule has 0 atom stereocenters. The molecule has 6 aromatic rings. The molecule has 0 fully saturated rings. The number of pyridine rings is 2. The maximum atomic E-state index is 13.2. The summed E-state index contributed by atoms with van der Waals surface area (Å²) in [7, 11) is 0. The number of nitrogens with zero attached hydrogens (tertiary/aromatic N) is 7. The van der Waals surface area contributed by atoms with Gasteiger partial charge in [-0.25, -0.2) is 9.48 Å². The van der Waals surface area contributed by atoms with Gasteiger partial charge in [-0.3, -0.25) is 9.97 Å². The van der Waals surface area contributed by atoms with E-state index in [-0.39, 0.29) is 12.2 Å². The Hall–Kier alpha value is -4.84. The number of alkyl halides is 3. The van der Waals surface area contributed by atoms with E-state index < -0.39 is 17.6 Å². The van der Waals surface area contributed by atoms with Crippen LogP contribution >= 0.6 is 11.6 Å². The van der Waals surface area contributed by atoms with Gasteiger partial charge in [0.15, 0.2) is 11.4 Å². The van der Waals surface area contributed by atoms with Crippen molar-refractivity contribution in [2.24, 2.45) is 0 Å². The van der Waals surface area contributed by atoms with E-state index >= 15 is 0 Å². The molecule has 0 bridgehead atoms. The summed E-state index contributed by atoms with van der Waals surface area (Å²) in [5.74, 6) is 0.491. The first-order valence-corrected chi connectivity index (χ1v) is 11.8. The Morgan fingerprint density at radius 2 is 1.69 bits per heavy atom. The third-order valence-corrected chi connectivity index (χ3v) is 6.21. The first-order chi connectivity index (χ1) is 18.8. The van der Waals surface area contributed by atoms with Crippen LogP contribution < -0.4 is 5.69 Å². The zero-order valence-corrected chi connectivity index (χ0v) is 20.4. The Balaban J connectivity index is 1.48. The van der Waals surface area contributed by atoms with E-state index in [2.05, 4.69) is 25.3 Å². The minimum Gasteiger partial charge on any atom is -0.355 e. The fourth-order valence-corrected chi connectivity index (χ4v) is 4.22. The van der Waals surface area contributed by atoms with Gasteiger partial charge in [0.1, 0.15) is 11.4 Å². The van der Waals surface area contributed by atoms with E-state index in [1.165, 1.54) is 12.3 Å². The maximum Gasteiger partial charge on any atom is 0.433 e. The second kappa shape index (κ2) is 9.48. The number of benzene rings is 1. The van der Waals surface area contributed by atoms with Crippen LogP contribution in [0.3, 0.4) is 0 Å². The number of hydrogen-bond acceptors (Lipinski definition) is 7. The lowest BCUT2D eigenvalue weighted by molar-refractivity contribution is -0.141. The van der Waals surface area contributed by atoms with Crippen molar-refractivity contribution in [2.45, 2.75) is 12.7 Å². The third kappa shape index (κ3) is 4.66. The zero-order chi connectivity index (χ0) is 27.1. The first kappa shape index (κ1) is 24.5. The summed E-state index contributed by atoms with van der Waals surface area (Å²) in [5, 5.41) is 13.1. The summed E-state index contributed by atoms with van der Waals surface area (Å²) >= 11 is 6.08. The molecule has 0 amide bonds. The molecule has 0 unspecified atom stereocenters. The van der Waals surface area contributed by atoms with Crippen molar-refractivity contribution in [3.8, 4) is 33.7 Å². The fraction of sp³-hybridized carbons (Fsp3) is 0.0769. The largest absolute Gasteiger partial charge is 0.433 e. The molecule has 0 aliphatic heterocycles. The van der Waals surface area contributed by atoms with Gasteiger partial charge in [0.05, 0.1) is 18.9 Å². The van der Waals surface area contributed by atoms with Gasteiger partial charge in [-0.2, -0.15) is 22.8 Å². The Bertz CT molecular complexity index is 1830. The van der Waals surface area contributed by atoms with Crippen molar-refractivity contribution in [1.82, 2.24) is 34.5 Å². The standard InChI is InChI=1S/C26H15ClF3N7O2/c27-18-5-2-16(3-6-18)19-13-33-37-24(23(19)17-4-7-20(31-12-17)21-9-10-34-39-21)35-36(25(37)38)14-15-1-8-22(32-11-15)26(28,29)30/h1-13H,14H2. The summed E-state index contributed by atoms with van der Waals surface area (Å²) in [6.07, 6.45) is 1.19. The van der Waals surface area contributed by atoms with Crippen LogP contribution in [-0.4, -0.2) is 34.5 Å². The SMILES string of the molecule is O=c1n(Cc2ccc(C(F)(F)F)nc2)nc2c(-c3ccc(-c4ccno4)nc3)c(-c3ccc(Cl)cc3)cnn12. The Morgan fingerprint density at radius 1 is 0.897 bits per heavy atom. The van der Waals surface area contributed by atoms with Gasteiger partial charge in [0, 0.05) is 40.2 Å². The molecular weight excluding hydrogens is 535 g/mol. The monoisotopic (exact) mass is 549 g/mol. The molecule has 13 heteroatoms. The molecule has 0 saturated heterocycles. The van der Waals surface area contributed by atoms with Crippen molar-refractivity contribution in [3.63, 3.8) is 0 Å². The minimum atomic E-state index is -4.56. The van der Waals surface area contributed by atoms with E-state index in [4.69, 9.17) is 16.1 Å².